The van der Waals surface area contributed by atoms with Crippen LogP contribution in [-0.4, -0.2) is 17.8 Å². The second-order valence-corrected chi connectivity index (χ2v) is 9.48. The van der Waals surface area contributed by atoms with E-state index < -0.39 is 22.9 Å². The van der Waals surface area contributed by atoms with Crippen LogP contribution in [0.15, 0.2) is 48.5 Å². The number of amides is 4. The Morgan fingerprint density at radius 3 is 2.20 bits per heavy atom. The van der Waals surface area contributed by atoms with Crippen molar-refractivity contribution in [2.75, 3.05) is 5.32 Å². The van der Waals surface area contributed by atoms with Gasteiger partial charge in [0.15, 0.2) is 0 Å². The Labute approximate surface area is 176 Å². The topological polar surface area (TPSA) is 87.3 Å². The summed E-state index contributed by atoms with van der Waals surface area (Å²) in [5, 5.41) is 7.92. The highest BCUT2D eigenvalue weighted by atomic mass is 16.2. The second kappa shape index (κ2) is 6.69. The number of urea groups is 1. The second-order valence-electron chi connectivity index (χ2n) is 9.48. The van der Waals surface area contributed by atoms with E-state index in [0.29, 0.717) is 11.3 Å². The maximum absolute atomic E-state index is 13.1. The van der Waals surface area contributed by atoms with E-state index in [2.05, 4.69) is 61.0 Å². The lowest BCUT2D eigenvalue weighted by Gasteiger charge is -2.23. The molecule has 1 unspecified atom stereocenters. The van der Waals surface area contributed by atoms with Crippen molar-refractivity contribution in [1.29, 1.82) is 0 Å². The van der Waals surface area contributed by atoms with Gasteiger partial charge in [0.1, 0.15) is 5.54 Å². The lowest BCUT2D eigenvalue weighted by molar-refractivity contribution is -0.123. The van der Waals surface area contributed by atoms with Gasteiger partial charge in [-0.3, -0.25) is 14.9 Å². The first-order chi connectivity index (χ1) is 14.0. The highest BCUT2D eigenvalue weighted by molar-refractivity contribution is 6.07. The quantitative estimate of drug-likeness (QED) is 0.678. The van der Waals surface area contributed by atoms with Crippen molar-refractivity contribution in [3.63, 3.8) is 0 Å². The van der Waals surface area contributed by atoms with Crippen LogP contribution >= 0.6 is 0 Å². The molecule has 1 heterocycles. The molecule has 0 bridgehead atoms. The molecule has 2 aromatic carbocycles. The van der Waals surface area contributed by atoms with Crippen molar-refractivity contribution in [3.8, 4) is 0 Å². The first-order valence-corrected chi connectivity index (χ1v) is 10.2. The average molecular weight is 405 g/mol. The standard InChI is InChI=1S/C24H27N3O3/c1-22(2,3)15-8-10-16(11-9-15)24(12-13-24)20(29)25-18-7-5-6-17(14-18)23(4)19(28)26-21(30)27-23/h5-11,14H,12-13H2,1-4H3,(H,25,29)(H2,26,27,28,30). The number of nitrogens with one attached hydrogen (secondary N) is 3. The SMILES string of the molecule is CC(C)(C)c1ccc(C2(C(=O)Nc3cccc(C4(C)NC(=O)NC4=O)c3)CC2)cc1. The Bertz CT molecular complexity index is 1030. The lowest BCUT2D eigenvalue weighted by atomic mass is 9.85. The number of imide groups is 1. The fourth-order valence-electron chi connectivity index (χ4n) is 3.97. The van der Waals surface area contributed by atoms with Crippen molar-refractivity contribution in [3.05, 3.63) is 65.2 Å². The molecule has 2 fully saturated rings. The van der Waals surface area contributed by atoms with Crippen LogP contribution in [0.3, 0.4) is 0 Å². The van der Waals surface area contributed by atoms with Crippen LogP contribution in [0.2, 0.25) is 0 Å². The predicted molar refractivity (Wildman–Crippen MR) is 115 cm³/mol. The summed E-state index contributed by atoms with van der Waals surface area (Å²) in [4.78, 5) is 36.9. The van der Waals surface area contributed by atoms with Crippen LogP contribution in [0.5, 0.6) is 0 Å². The molecule has 1 aliphatic carbocycles. The monoisotopic (exact) mass is 405 g/mol. The van der Waals surface area contributed by atoms with Gasteiger partial charge in [-0.1, -0.05) is 57.2 Å². The van der Waals surface area contributed by atoms with E-state index in [1.54, 1.807) is 31.2 Å². The van der Waals surface area contributed by atoms with Gasteiger partial charge < -0.3 is 10.6 Å². The zero-order valence-corrected chi connectivity index (χ0v) is 17.8. The molecule has 1 saturated carbocycles. The first kappa shape index (κ1) is 20.1. The fraction of sp³-hybridized carbons (Fsp3) is 0.375. The number of rotatable bonds is 4. The normalized spacial score (nSPS) is 22.3. The average Bonchev–Trinajstić information content (AvgIpc) is 3.44. The smallest absolute Gasteiger partial charge is 0.322 e. The zero-order chi connectivity index (χ0) is 21.7. The van der Waals surface area contributed by atoms with Crippen LogP contribution in [0, 0.1) is 0 Å². The van der Waals surface area contributed by atoms with Crippen molar-refractivity contribution in [2.24, 2.45) is 0 Å². The third kappa shape index (κ3) is 3.36. The van der Waals surface area contributed by atoms with Crippen LogP contribution < -0.4 is 16.0 Å². The Balaban J connectivity index is 1.55. The summed E-state index contributed by atoms with van der Waals surface area (Å²) >= 11 is 0. The van der Waals surface area contributed by atoms with Gasteiger partial charge in [0.2, 0.25) is 5.91 Å². The molecule has 1 atom stereocenters. The van der Waals surface area contributed by atoms with Crippen molar-refractivity contribution in [1.82, 2.24) is 10.6 Å². The highest BCUT2D eigenvalue weighted by Gasteiger charge is 2.51. The molecule has 4 amide bonds. The van der Waals surface area contributed by atoms with Gasteiger partial charge in [-0.05, 0) is 54.0 Å². The van der Waals surface area contributed by atoms with Crippen LogP contribution in [-0.2, 0) is 26.0 Å². The molecule has 0 radical (unpaired) electrons. The molecule has 4 rings (SSSR count). The third-order valence-electron chi connectivity index (χ3n) is 6.23. The fourth-order valence-corrected chi connectivity index (χ4v) is 3.97. The van der Waals surface area contributed by atoms with Gasteiger partial charge >= 0.3 is 6.03 Å². The largest absolute Gasteiger partial charge is 0.325 e. The number of anilines is 1. The molecular formula is C24H27N3O3. The molecule has 2 aromatic rings. The molecule has 30 heavy (non-hydrogen) atoms. The van der Waals surface area contributed by atoms with Gasteiger partial charge in [-0.2, -0.15) is 0 Å². The zero-order valence-electron chi connectivity index (χ0n) is 17.8. The van der Waals surface area contributed by atoms with Gasteiger partial charge in [0, 0.05) is 5.69 Å². The summed E-state index contributed by atoms with van der Waals surface area (Å²) in [5.41, 5.74) is 1.88. The lowest BCUT2D eigenvalue weighted by Crippen LogP contribution is -2.40. The van der Waals surface area contributed by atoms with Gasteiger partial charge in [0.25, 0.3) is 5.91 Å². The minimum Gasteiger partial charge on any atom is -0.325 e. The highest BCUT2D eigenvalue weighted by Crippen LogP contribution is 2.49. The number of benzene rings is 2. The summed E-state index contributed by atoms with van der Waals surface area (Å²) in [6.07, 6.45) is 1.62. The molecule has 6 heteroatoms. The molecular weight excluding hydrogens is 378 g/mol. The molecule has 0 spiro atoms. The summed E-state index contributed by atoms with van der Waals surface area (Å²) in [6.45, 7) is 8.15. The maximum Gasteiger partial charge on any atom is 0.322 e. The van der Waals surface area contributed by atoms with E-state index in [0.717, 1.165) is 18.4 Å². The molecule has 1 saturated heterocycles. The Hall–Kier alpha value is -3.15. The number of carbonyl (C=O) groups excluding carboxylic acids is 3. The molecule has 1 aliphatic heterocycles. The summed E-state index contributed by atoms with van der Waals surface area (Å²) < 4.78 is 0. The predicted octanol–water partition coefficient (Wildman–Crippen LogP) is 3.71. The molecule has 3 N–H and O–H groups in total. The number of carbonyl (C=O) groups is 3. The van der Waals surface area contributed by atoms with Crippen LogP contribution in [0.4, 0.5) is 10.5 Å². The van der Waals surface area contributed by atoms with E-state index in [-0.39, 0.29) is 11.3 Å². The van der Waals surface area contributed by atoms with Crippen LogP contribution in [0.25, 0.3) is 0 Å². The van der Waals surface area contributed by atoms with Gasteiger partial charge in [-0.25, -0.2) is 4.79 Å². The van der Waals surface area contributed by atoms with Crippen LogP contribution in [0.1, 0.15) is 57.2 Å². The van der Waals surface area contributed by atoms with Crippen molar-refractivity contribution in [2.45, 2.75) is 56.9 Å². The van der Waals surface area contributed by atoms with Gasteiger partial charge in [0.05, 0.1) is 5.41 Å². The first-order valence-electron chi connectivity index (χ1n) is 10.2. The third-order valence-corrected chi connectivity index (χ3v) is 6.23. The number of hydrogen-bond acceptors (Lipinski definition) is 3. The molecule has 0 aromatic heterocycles. The van der Waals surface area contributed by atoms with Gasteiger partial charge in [-0.15, -0.1) is 0 Å². The Kier molecular flexibility index (Phi) is 4.49. The Morgan fingerprint density at radius 1 is 1.00 bits per heavy atom. The molecule has 6 nitrogen and oxygen atoms in total. The summed E-state index contributed by atoms with van der Waals surface area (Å²) in [5.74, 6) is -0.457. The molecule has 2 aliphatic rings. The van der Waals surface area contributed by atoms with E-state index in [9.17, 15) is 14.4 Å². The van der Waals surface area contributed by atoms with Crippen molar-refractivity contribution >= 4 is 23.5 Å². The minimum atomic E-state index is -1.15. The maximum atomic E-state index is 13.1. The summed E-state index contributed by atoms with van der Waals surface area (Å²) in [7, 11) is 0. The van der Waals surface area contributed by atoms with E-state index in [1.165, 1.54) is 5.56 Å². The minimum absolute atomic E-state index is 0.0479. The Morgan fingerprint density at radius 2 is 1.67 bits per heavy atom. The summed E-state index contributed by atoms with van der Waals surface area (Å²) in [6, 6.07) is 14.9. The number of hydrogen-bond donors (Lipinski definition) is 3. The van der Waals surface area contributed by atoms with E-state index >= 15 is 0 Å². The molecule has 156 valence electrons. The van der Waals surface area contributed by atoms with E-state index in [1.807, 2.05) is 0 Å². The van der Waals surface area contributed by atoms with E-state index in [4.69, 9.17) is 0 Å². The van der Waals surface area contributed by atoms with Crippen molar-refractivity contribution < 1.29 is 14.4 Å².